The number of thiophene rings is 1. The van der Waals surface area contributed by atoms with Gasteiger partial charge in [-0.1, -0.05) is 25.6 Å². The number of hydrogen-bond acceptors (Lipinski definition) is 6. The van der Waals surface area contributed by atoms with Gasteiger partial charge in [-0.05, 0) is 44.1 Å². The highest BCUT2D eigenvalue weighted by Gasteiger charge is 2.23. The van der Waals surface area contributed by atoms with Crippen LogP contribution in [0, 0.1) is 5.92 Å². The maximum absolute atomic E-state index is 12.5. The number of esters is 1. The molecule has 3 rings (SSSR count). The van der Waals surface area contributed by atoms with Gasteiger partial charge in [-0.25, -0.2) is 4.98 Å². The molecular formula is C17H22N2O3S2. The minimum atomic E-state index is -0.281. The third-order valence-electron chi connectivity index (χ3n) is 4.38. The van der Waals surface area contributed by atoms with E-state index in [1.165, 1.54) is 22.2 Å². The van der Waals surface area contributed by atoms with Crippen molar-refractivity contribution in [1.29, 1.82) is 0 Å². The van der Waals surface area contributed by atoms with Crippen molar-refractivity contribution in [3.05, 3.63) is 20.8 Å². The Balaban J connectivity index is 1.79. The van der Waals surface area contributed by atoms with Crippen LogP contribution in [0.2, 0.25) is 0 Å². The van der Waals surface area contributed by atoms with Gasteiger partial charge in [0.15, 0.2) is 5.16 Å². The molecule has 0 saturated carbocycles. The van der Waals surface area contributed by atoms with Gasteiger partial charge in [0.25, 0.3) is 5.56 Å². The lowest BCUT2D eigenvalue weighted by atomic mass is 9.89. The lowest BCUT2D eigenvalue weighted by molar-refractivity contribution is -0.144. The summed E-state index contributed by atoms with van der Waals surface area (Å²) in [5, 5.41) is 1.23. The number of hydrogen-bond donors (Lipinski definition) is 1. The first-order valence-corrected chi connectivity index (χ1v) is 10.1. The molecule has 0 amide bonds. The van der Waals surface area contributed by atoms with Crippen molar-refractivity contribution >= 4 is 39.3 Å². The van der Waals surface area contributed by atoms with Crippen LogP contribution >= 0.6 is 23.1 Å². The van der Waals surface area contributed by atoms with E-state index in [0.717, 1.165) is 35.9 Å². The van der Waals surface area contributed by atoms with Crippen molar-refractivity contribution in [2.75, 3.05) is 5.75 Å². The van der Waals surface area contributed by atoms with Gasteiger partial charge in [-0.15, -0.1) is 11.3 Å². The van der Waals surface area contributed by atoms with Gasteiger partial charge in [-0.3, -0.25) is 9.59 Å². The maximum atomic E-state index is 12.5. The summed E-state index contributed by atoms with van der Waals surface area (Å²) in [6.07, 6.45) is 3.81. The van der Waals surface area contributed by atoms with Crippen molar-refractivity contribution in [1.82, 2.24) is 9.97 Å². The molecule has 24 heavy (non-hydrogen) atoms. The van der Waals surface area contributed by atoms with E-state index < -0.39 is 0 Å². The monoisotopic (exact) mass is 366 g/mol. The molecule has 0 aliphatic heterocycles. The number of rotatable bonds is 5. The first kappa shape index (κ1) is 17.5. The number of carbonyl (C=O) groups excluding carboxylic acids is 1. The summed E-state index contributed by atoms with van der Waals surface area (Å²) in [5.41, 5.74) is 1.08. The van der Waals surface area contributed by atoms with E-state index in [-0.39, 0.29) is 23.4 Å². The predicted molar refractivity (Wildman–Crippen MR) is 98.0 cm³/mol. The van der Waals surface area contributed by atoms with Crippen LogP contribution in [-0.4, -0.2) is 27.8 Å². The van der Waals surface area contributed by atoms with Gasteiger partial charge >= 0.3 is 5.97 Å². The average molecular weight is 367 g/mol. The Kier molecular flexibility index (Phi) is 5.30. The molecule has 0 aromatic carbocycles. The molecule has 0 unspecified atom stereocenters. The van der Waals surface area contributed by atoms with Crippen LogP contribution in [0.4, 0.5) is 0 Å². The summed E-state index contributed by atoms with van der Waals surface area (Å²) in [4.78, 5) is 33.7. The van der Waals surface area contributed by atoms with Crippen LogP contribution in [-0.2, 0) is 22.4 Å². The molecule has 7 heteroatoms. The zero-order chi connectivity index (χ0) is 17.3. The third-order valence-corrected chi connectivity index (χ3v) is 6.37. The van der Waals surface area contributed by atoms with Crippen LogP contribution in [0.25, 0.3) is 10.2 Å². The molecule has 0 bridgehead atoms. The average Bonchev–Trinajstić information content (AvgIpc) is 2.90. The second-order valence-corrected chi connectivity index (χ2v) is 8.45. The molecule has 1 N–H and O–H groups in total. The standard InChI is InChI=1S/C17H22N2O3S2/c1-4-10(3)22-13(20)8-23-17-18-15(21)14-11-6-5-9(2)7-12(11)24-16(14)19-17/h9-10H,4-8H2,1-3H3,(H,18,19,21)/t9-,10-/m1/s1. The molecular weight excluding hydrogens is 344 g/mol. The fourth-order valence-electron chi connectivity index (χ4n) is 2.87. The summed E-state index contributed by atoms with van der Waals surface area (Å²) >= 11 is 2.84. The van der Waals surface area contributed by atoms with Crippen molar-refractivity contribution in [2.24, 2.45) is 5.92 Å². The van der Waals surface area contributed by atoms with E-state index >= 15 is 0 Å². The zero-order valence-electron chi connectivity index (χ0n) is 14.2. The molecule has 0 fully saturated rings. The summed E-state index contributed by atoms with van der Waals surface area (Å²) in [6, 6.07) is 0. The smallest absolute Gasteiger partial charge is 0.316 e. The highest BCUT2D eigenvalue weighted by Crippen LogP contribution is 2.36. The Labute approximate surface area is 149 Å². The Morgan fingerprint density at radius 3 is 3.08 bits per heavy atom. The molecule has 2 aromatic heterocycles. The number of H-pyrrole nitrogens is 1. The van der Waals surface area contributed by atoms with Crippen LogP contribution in [0.5, 0.6) is 0 Å². The van der Waals surface area contributed by atoms with E-state index in [4.69, 9.17) is 4.74 Å². The van der Waals surface area contributed by atoms with Crippen LogP contribution in [0.15, 0.2) is 9.95 Å². The number of aryl methyl sites for hydroxylation is 1. The van der Waals surface area contributed by atoms with Crippen molar-refractivity contribution in [2.45, 2.75) is 57.7 Å². The van der Waals surface area contributed by atoms with E-state index in [1.54, 1.807) is 11.3 Å². The molecule has 130 valence electrons. The first-order valence-electron chi connectivity index (χ1n) is 8.34. The molecule has 1 aliphatic carbocycles. The number of aromatic nitrogens is 2. The minimum Gasteiger partial charge on any atom is -0.462 e. The van der Waals surface area contributed by atoms with E-state index in [1.807, 2.05) is 13.8 Å². The van der Waals surface area contributed by atoms with Crippen molar-refractivity contribution < 1.29 is 9.53 Å². The summed E-state index contributed by atoms with van der Waals surface area (Å²) in [5.74, 6) is 0.534. The second-order valence-electron chi connectivity index (χ2n) is 6.40. The minimum absolute atomic E-state index is 0.0846. The van der Waals surface area contributed by atoms with E-state index in [2.05, 4.69) is 16.9 Å². The molecule has 2 atom stereocenters. The quantitative estimate of drug-likeness (QED) is 0.498. The Morgan fingerprint density at radius 1 is 1.54 bits per heavy atom. The highest BCUT2D eigenvalue weighted by atomic mass is 32.2. The SMILES string of the molecule is CC[C@@H](C)OC(=O)CSc1nc2sc3c(c2c(=O)[nH]1)CC[C@@H](C)C3. The molecule has 0 saturated heterocycles. The number of ether oxygens (including phenoxy) is 1. The number of carbonyl (C=O) groups is 1. The fourth-order valence-corrected chi connectivity index (χ4v) is 4.95. The van der Waals surface area contributed by atoms with Crippen LogP contribution in [0.1, 0.15) is 44.1 Å². The largest absolute Gasteiger partial charge is 0.462 e. The molecule has 5 nitrogen and oxygen atoms in total. The van der Waals surface area contributed by atoms with Gasteiger partial charge < -0.3 is 9.72 Å². The molecule has 0 radical (unpaired) electrons. The number of nitrogens with zero attached hydrogens (tertiary/aromatic N) is 1. The molecule has 2 heterocycles. The topological polar surface area (TPSA) is 72.0 Å². The summed E-state index contributed by atoms with van der Waals surface area (Å²) in [6.45, 7) is 6.08. The lowest BCUT2D eigenvalue weighted by Gasteiger charge is -2.17. The van der Waals surface area contributed by atoms with Gasteiger partial charge in [-0.2, -0.15) is 0 Å². The van der Waals surface area contributed by atoms with Crippen LogP contribution < -0.4 is 5.56 Å². The number of thioether (sulfide) groups is 1. The molecule has 2 aromatic rings. The maximum Gasteiger partial charge on any atom is 0.316 e. The van der Waals surface area contributed by atoms with Crippen molar-refractivity contribution in [3.63, 3.8) is 0 Å². The number of nitrogens with one attached hydrogen (secondary N) is 1. The van der Waals surface area contributed by atoms with Gasteiger partial charge in [0.1, 0.15) is 4.83 Å². The normalized spacial score (nSPS) is 18.4. The summed E-state index contributed by atoms with van der Waals surface area (Å²) < 4.78 is 5.24. The Bertz CT molecular complexity index is 812. The predicted octanol–water partition coefficient (Wildman–Crippen LogP) is 3.54. The highest BCUT2D eigenvalue weighted by molar-refractivity contribution is 7.99. The van der Waals surface area contributed by atoms with Gasteiger partial charge in [0, 0.05) is 4.88 Å². The zero-order valence-corrected chi connectivity index (χ0v) is 15.8. The molecule has 0 spiro atoms. The van der Waals surface area contributed by atoms with Crippen molar-refractivity contribution in [3.8, 4) is 0 Å². The van der Waals surface area contributed by atoms with Crippen LogP contribution in [0.3, 0.4) is 0 Å². The van der Waals surface area contributed by atoms with Gasteiger partial charge in [0.05, 0.1) is 17.2 Å². The third kappa shape index (κ3) is 3.67. The Hall–Kier alpha value is -1.34. The van der Waals surface area contributed by atoms with E-state index in [0.29, 0.717) is 11.1 Å². The summed E-state index contributed by atoms with van der Waals surface area (Å²) in [7, 11) is 0. The van der Waals surface area contributed by atoms with E-state index in [9.17, 15) is 9.59 Å². The number of fused-ring (bicyclic) bond motifs is 3. The molecule has 1 aliphatic rings. The second kappa shape index (κ2) is 7.27. The lowest BCUT2D eigenvalue weighted by Crippen LogP contribution is -2.16. The fraction of sp³-hybridized carbons (Fsp3) is 0.588. The number of aromatic amines is 1. The first-order chi connectivity index (χ1) is 11.5. The Morgan fingerprint density at radius 2 is 2.33 bits per heavy atom. The van der Waals surface area contributed by atoms with Gasteiger partial charge in [0.2, 0.25) is 0 Å².